The number of rotatable bonds is 2. The molecule has 0 aromatic carbocycles. The number of hydrogen-bond donors (Lipinski definition) is 1. The van der Waals surface area contributed by atoms with Crippen LogP contribution in [0.15, 0.2) is 0 Å². The minimum Gasteiger partial charge on any atom is -0.340 e. The van der Waals surface area contributed by atoms with Gasteiger partial charge in [0.1, 0.15) is 0 Å². The van der Waals surface area contributed by atoms with Gasteiger partial charge < -0.3 is 10.6 Å². The summed E-state index contributed by atoms with van der Waals surface area (Å²) in [4.78, 5) is 14.0. The van der Waals surface area contributed by atoms with Crippen LogP contribution in [0.2, 0.25) is 0 Å². The molecule has 0 radical (unpaired) electrons. The van der Waals surface area contributed by atoms with Crippen molar-refractivity contribution in [1.29, 1.82) is 0 Å². The lowest BCUT2D eigenvalue weighted by atomic mass is 9.95. The Morgan fingerprint density at radius 2 is 1.88 bits per heavy atom. The molecule has 6 heteroatoms. The predicted octanol–water partition coefficient (Wildman–Crippen LogP) is -0.382. The van der Waals surface area contributed by atoms with Crippen LogP contribution in [0.25, 0.3) is 0 Å². The number of carbonyl (C=O) groups excluding carboxylic acids is 1. The SMILES string of the molecule is NCC1CCCC1C(=O)N1CCS(=O)(=O)CC1. The third-order valence-corrected chi connectivity index (χ3v) is 5.54. The lowest BCUT2D eigenvalue weighted by molar-refractivity contribution is -0.136. The van der Waals surface area contributed by atoms with Crippen LogP contribution in [-0.2, 0) is 14.6 Å². The van der Waals surface area contributed by atoms with Gasteiger partial charge in [-0.05, 0) is 25.3 Å². The highest BCUT2D eigenvalue weighted by Gasteiger charge is 2.36. The molecule has 1 heterocycles. The zero-order valence-electron chi connectivity index (χ0n) is 9.97. The smallest absolute Gasteiger partial charge is 0.226 e. The fourth-order valence-corrected chi connectivity index (χ4v) is 4.01. The second-order valence-electron chi connectivity index (χ2n) is 5.01. The first-order valence-corrected chi connectivity index (χ1v) is 8.05. The third kappa shape index (κ3) is 2.80. The number of nitrogens with two attached hydrogens (primary N) is 1. The molecule has 0 aromatic rings. The van der Waals surface area contributed by atoms with Gasteiger partial charge in [0.05, 0.1) is 11.5 Å². The van der Waals surface area contributed by atoms with Gasteiger partial charge in [-0.3, -0.25) is 4.79 Å². The Morgan fingerprint density at radius 1 is 1.24 bits per heavy atom. The first-order valence-electron chi connectivity index (χ1n) is 6.23. The van der Waals surface area contributed by atoms with E-state index in [1.54, 1.807) is 4.90 Å². The van der Waals surface area contributed by atoms with Crippen molar-refractivity contribution < 1.29 is 13.2 Å². The Labute approximate surface area is 102 Å². The van der Waals surface area contributed by atoms with E-state index >= 15 is 0 Å². The first kappa shape index (κ1) is 12.8. The van der Waals surface area contributed by atoms with Gasteiger partial charge in [0.2, 0.25) is 5.91 Å². The van der Waals surface area contributed by atoms with Crippen LogP contribution in [0.1, 0.15) is 19.3 Å². The summed E-state index contributed by atoms with van der Waals surface area (Å²) in [7, 11) is -2.91. The lowest BCUT2D eigenvalue weighted by Crippen LogP contribution is -2.47. The van der Waals surface area contributed by atoms with Crippen molar-refractivity contribution in [2.75, 3.05) is 31.1 Å². The maximum atomic E-state index is 12.3. The standard InChI is InChI=1S/C11H20N2O3S/c12-8-9-2-1-3-10(9)11(14)13-4-6-17(15,16)7-5-13/h9-10H,1-8,12H2. The molecule has 1 aliphatic heterocycles. The van der Waals surface area contributed by atoms with E-state index in [-0.39, 0.29) is 23.3 Å². The molecule has 17 heavy (non-hydrogen) atoms. The van der Waals surface area contributed by atoms with Gasteiger partial charge in [-0.2, -0.15) is 0 Å². The van der Waals surface area contributed by atoms with Crippen LogP contribution in [0.4, 0.5) is 0 Å². The average molecular weight is 260 g/mol. The summed E-state index contributed by atoms with van der Waals surface area (Å²) in [5.74, 6) is 0.659. The van der Waals surface area contributed by atoms with Crippen molar-refractivity contribution in [3.63, 3.8) is 0 Å². The largest absolute Gasteiger partial charge is 0.340 e. The summed E-state index contributed by atoms with van der Waals surface area (Å²) in [6, 6.07) is 0. The molecule has 2 unspecified atom stereocenters. The van der Waals surface area contributed by atoms with Gasteiger partial charge in [0.25, 0.3) is 0 Å². The summed E-state index contributed by atoms with van der Waals surface area (Å²) in [5.41, 5.74) is 5.67. The van der Waals surface area contributed by atoms with Crippen LogP contribution < -0.4 is 5.73 Å². The Bertz CT molecular complexity index is 380. The van der Waals surface area contributed by atoms with Crippen LogP contribution >= 0.6 is 0 Å². The van der Waals surface area contributed by atoms with Gasteiger partial charge >= 0.3 is 0 Å². The van der Waals surface area contributed by atoms with Gasteiger partial charge in [0, 0.05) is 19.0 Å². The van der Waals surface area contributed by atoms with Crippen molar-refractivity contribution >= 4 is 15.7 Å². The van der Waals surface area contributed by atoms with E-state index < -0.39 is 9.84 Å². The molecular weight excluding hydrogens is 240 g/mol. The molecule has 1 saturated carbocycles. The average Bonchev–Trinajstić information content (AvgIpc) is 2.76. The lowest BCUT2D eigenvalue weighted by Gasteiger charge is -2.30. The van der Waals surface area contributed by atoms with Crippen LogP contribution in [0.5, 0.6) is 0 Å². The summed E-state index contributed by atoms with van der Waals surface area (Å²) in [6.07, 6.45) is 2.99. The van der Waals surface area contributed by atoms with E-state index in [0.717, 1.165) is 19.3 Å². The topological polar surface area (TPSA) is 80.5 Å². The normalized spacial score (nSPS) is 32.6. The highest BCUT2D eigenvalue weighted by molar-refractivity contribution is 7.91. The third-order valence-electron chi connectivity index (χ3n) is 3.94. The summed E-state index contributed by atoms with van der Waals surface area (Å²) >= 11 is 0. The van der Waals surface area contributed by atoms with Crippen LogP contribution in [0, 0.1) is 11.8 Å². The molecule has 0 spiro atoms. The minimum absolute atomic E-state index is 0.0285. The molecular formula is C11H20N2O3S. The second kappa shape index (κ2) is 4.94. The molecule has 1 aliphatic carbocycles. The number of sulfone groups is 1. The minimum atomic E-state index is -2.91. The molecule has 0 aromatic heterocycles. The molecule has 2 atom stereocenters. The van der Waals surface area contributed by atoms with Gasteiger partial charge in [-0.15, -0.1) is 0 Å². The molecule has 2 fully saturated rings. The molecule has 0 bridgehead atoms. The molecule has 2 N–H and O–H groups in total. The van der Waals surface area contributed by atoms with Crippen molar-refractivity contribution in [1.82, 2.24) is 4.90 Å². The summed E-state index contributed by atoms with van der Waals surface area (Å²) < 4.78 is 22.6. The highest BCUT2D eigenvalue weighted by Crippen LogP contribution is 2.32. The van der Waals surface area contributed by atoms with Crippen molar-refractivity contribution in [2.45, 2.75) is 19.3 Å². The number of hydrogen-bond acceptors (Lipinski definition) is 4. The maximum absolute atomic E-state index is 12.3. The van der Waals surface area contributed by atoms with E-state index in [1.807, 2.05) is 0 Å². The van der Waals surface area contributed by atoms with E-state index in [4.69, 9.17) is 5.73 Å². The number of carbonyl (C=O) groups is 1. The van der Waals surface area contributed by atoms with Gasteiger partial charge in [-0.25, -0.2) is 8.42 Å². The predicted molar refractivity (Wildman–Crippen MR) is 65.1 cm³/mol. The molecule has 1 amide bonds. The van der Waals surface area contributed by atoms with E-state index in [2.05, 4.69) is 0 Å². The van der Waals surface area contributed by atoms with Gasteiger partial charge in [-0.1, -0.05) is 6.42 Å². The fraction of sp³-hybridized carbons (Fsp3) is 0.909. The first-order chi connectivity index (χ1) is 8.03. The monoisotopic (exact) mass is 260 g/mol. The Balaban J connectivity index is 1.97. The van der Waals surface area contributed by atoms with Crippen molar-refractivity contribution in [3.05, 3.63) is 0 Å². The Morgan fingerprint density at radius 3 is 2.47 bits per heavy atom. The Kier molecular flexibility index (Phi) is 3.73. The van der Waals surface area contributed by atoms with E-state index in [1.165, 1.54) is 0 Å². The fourth-order valence-electron chi connectivity index (χ4n) is 2.81. The molecule has 98 valence electrons. The molecule has 5 nitrogen and oxygen atoms in total. The zero-order valence-corrected chi connectivity index (χ0v) is 10.8. The molecule has 1 saturated heterocycles. The van der Waals surface area contributed by atoms with Crippen LogP contribution in [0.3, 0.4) is 0 Å². The summed E-state index contributed by atoms with van der Waals surface area (Å²) in [5, 5.41) is 0. The second-order valence-corrected chi connectivity index (χ2v) is 7.31. The zero-order chi connectivity index (χ0) is 12.5. The van der Waals surface area contributed by atoms with Crippen LogP contribution in [-0.4, -0.2) is 50.4 Å². The van der Waals surface area contributed by atoms with E-state index in [9.17, 15) is 13.2 Å². The summed E-state index contributed by atoms with van der Waals surface area (Å²) in [6.45, 7) is 1.27. The quantitative estimate of drug-likeness (QED) is 0.734. The van der Waals surface area contributed by atoms with Gasteiger partial charge in [0.15, 0.2) is 9.84 Å². The van der Waals surface area contributed by atoms with Crippen molar-refractivity contribution in [2.24, 2.45) is 17.6 Å². The highest BCUT2D eigenvalue weighted by atomic mass is 32.2. The molecule has 2 aliphatic rings. The molecule has 2 rings (SSSR count). The van der Waals surface area contributed by atoms with Crippen molar-refractivity contribution in [3.8, 4) is 0 Å². The number of nitrogens with zero attached hydrogens (tertiary/aromatic N) is 1. The number of amides is 1. The van der Waals surface area contributed by atoms with E-state index in [0.29, 0.717) is 25.6 Å². The maximum Gasteiger partial charge on any atom is 0.226 e. The Hall–Kier alpha value is -0.620.